The molecule has 1 saturated carbocycles. The summed E-state index contributed by atoms with van der Waals surface area (Å²) >= 11 is 0. The van der Waals surface area contributed by atoms with Gasteiger partial charge in [-0.05, 0) is 12.8 Å². The van der Waals surface area contributed by atoms with Gasteiger partial charge in [-0.3, -0.25) is 0 Å². The summed E-state index contributed by atoms with van der Waals surface area (Å²) in [4.78, 5) is 0. The van der Waals surface area contributed by atoms with Gasteiger partial charge in [-0.15, -0.1) is 0 Å². The van der Waals surface area contributed by atoms with Crippen LogP contribution in [0.15, 0.2) is 0 Å². The van der Waals surface area contributed by atoms with Crippen molar-refractivity contribution in [3.63, 3.8) is 0 Å². The highest BCUT2D eigenvalue weighted by Gasteiger charge is 2.50. The molecule has 9 heavy (non-hydrogen) atoms. The van der Waals surface area contributed by atoms with Crippen LogP contribution in [0.4, 0.5) is 0 Å². The van der Waals surface area contributed by atoms with E-state index in [1.165, 1.54) is 6.42 Å². The van der Waals surface area contributed by atoms with Crippen molar-refractivity contribution in [1.82, 2.24) is 5.32 Å². The molecular weight excluding hydrogens is 112 g/mol. The molecule has 1 aliphatic heterocycles. The number of nitrogens with one attached hydrogen (secondary N) is 1. The SMILES string of the molecule is N#CC1CCC12CNC2. The van der Waals surface area contributed by atoms with Crippen LogP contribution in [0.5, 0.6) is 0 Å². The van der Waals surface area contributed by atoms with Crippen LogP contribution in [0.1, 0.15) is 12.8 Å². The van der Waals surface area contributed by atoms with Gasteiger partial charge in [0.1, 0.15) is 0 Å². The van der Waals surface area contributed by atoms with Crippen molar-refractivity contribution in [1.29, 1.82) is 5.26 Å². The zero-order chi connectivity index (χ0) is 6.32. The van der Waals surface area contributed by atoms with Gasteiger partial charge in [-0.2, -0.15) is 5.26 Å². The lowest BCUT2D eigenvalue weighted by Crippen LogP contribution is -2.62. The highest BCUT2D eigenvalue weighted by atomic mass is 15.0. The molecule has 1 spiro atoms. The molecule has 1 N–H and O–H groups in total. The molecule has 0 aromatic carbocycles. The highest BCUT2D eigenvalue weighted by Crippen LogP contribution is 2.48. The Morgan fingerprint density at radius 1 is 1.56 bits per heavy atom. The lowest BCUT2D eigenvalue weighted by atomic mass is 9.57. The first-order valence-electron chi connectivity index (χ1n) is 3.48. The Kier molecular flexibility index (Phi) is 0.866. The van der Waals surface area contributed by atoms with Gasteiger partial charge in [-0.1, -0.05) is 0 Å². The summed E-state index contributed by atoms with van der Waals surface area (Å²) in [6.45, 7) is 2.18. The normalized spacial score (nSPS) is 36.6. The molecule has 0 amide bonds. The molecule has 0 aromatic rings. The van der Waals surface area contributed by atoms with Gasteiger partial charge >= 0.3 is 0 Å². The number of hydrogen-bond donors (Lipinski definition) is 1. The van der Waals surface area contributed by atoms with Gasteiger partial charge in [0, 0.05) is 18.5 Å². The Bertz CT molecular complexity index is 159. The van der Waals surface area contributed by atoms with Crippen molar-refractivity contribution in [2.45, 2.75) is 12.8 Å². The van der Waals surface area contributed by atoms with E-state index in [1.807, 2.05) is 0 Å². The second kappa shape index (κ2) is 1.48. The average molecular weight is 122 g/mol. The lowest BCUT2D eigenvalue weighted by molar-refractivity contribution is 0.0103. The number of rotatable bonds is 0. The maximum atomic E-state index is 8.61. The number of nitriles is 1. The Morgan fingerprint density at radius 2 is 2.33 bits per heavy atom. The first-order chi connectivity index (χ1) is 4.37. The monoisotopic (exact) mass is 122 g/mol. The molecule has 2 heteroatoms. The predicted octanol–water partition coefficient (Wildman–Crippen LogP) is 0.510. The second-order valence-corrected chi connectivity index (χ2v) is 3.19. The van der Waals surface area contributed by atoms with Crippen LogP contribution in [0.3, 0.4) is 0 Å². The largest absolute Gasteiger partial charge is 0.315 e. The van der Waals surface area contributed by atoms with Crippen molar-refractivity contribution >= 4 is 0 Å². The van der Waals surface area contributed by atoms with Crippen LogP contribution in [-0.2, 0) is 0 Å². The third-order valence-electron chi connectivity index (χ3n) is 2.78. The molecule has 0 radical (unpaired) electrons. The molecule has 1 saturated heterocycles. The minimum atomic E-state index is 0.374. The van der Waals surface area contributed by atoms with E-state index in [9.17, 15) is 0 Å². The Balaban J connectivity index is 2.07. The predicted molar refractivity (Wildman–Crippen MR) is 33.6 cm³/mol. The standard InChI is InChI=1S/C7H10N2/c8-3-6-1-2-7(6)4-9-5-7/h6,9H,1-2,4-5H2. The molecule has 2 nitrogen and oxygen atoms in total. The quantitative estimate of drug-likeness (QED) is 0.508. The third kappa shape index (κ3) is 0.481. The third-order valence-corrected chi connectivity index (χ3v) is 2.78. The molecule has 1 heterocycles. The molecule has 1 unspecified atom stereocenters. The maximum Gasteiger partial charge on any atom is 0.0662 e. The van der Waals surface area contributed by atoms with Crippen LogP contribution < -0.4 is 5.32 Å². The lowest BCUT2D eigenvalue weighted by Gasteiger charge is -2.53. The summed E-state index contributed by atoms with van der Waals surface area (Å²) in [6.07, 6.45) is 2.41. The van der Waals surface area contributed by atoms with Gasteiger partial charge in [0.05, 0.1) is 12.0 Å². The molecule has 0 bridgehead atoms. The van der Waals surface area contributed by atoms with Crippen molar-refractivity contribution in [3.05, 3.63) is 0 Å². The Hall–Kier alpha value is -0.550. The van der Waals surface area contributed by atoms with Crippen molar-refractivity contribution in [2.75, 3.05) is 13.1 Å². The van der Waals surface area contributed by atoms with E-state index in [0.717, 1.165) is 19.5 Å². The average Bonchev–Trinajstić information content (AvgIpc) is 1.59. The van der Waals surface area contributed by atoms with E-state index in [1.54, 1.807) is 0 Å². The van der Waals surface area contributed by atoms with Crippen LogP contribution in [0.25, 0.3) is 0 Å². The fourth-order valence-electron chi connectivity index (χ4n) is 1.77. The fraction of sp³-hybridized carbons (Fsp3) is 0.857. The van der Waals surface area contributed by atoms with E-state index >= 15 is 0 Å². The van der Waals surface area contributed by atoms with Crippen LogP contribution >= 0.6 is 0 Å². The molecule has 0 aromatic heterocycles. The van der Waals surface area contributed by atoms with E-state index in [0.29, 0.717) is 11.3 Å². The van der Waals surface area contributed by atoms with Crippen molar-refractivity contribution in [3.8, 4) is 6.07 Å². The summed E-state index contributed by atoms with van der Waals surface area (Å²) in [5.74, 6) is 0.374. The molecule has 2 fully saturated rings. The maximum absolute atomic E-state index is 8.61. The van der Waals surface area contributed by atoms with Gasteiger partial charge in [0.15, 0.2) is 0 Å². The van der Waals surface area contributed by atoms with Gasteiger partial charge in [-0.25, -0.2) is 0 Å². The first kappa shape index (κ1) is 5.25. The van der Waals surface area contributed by atoms with E-state index < -0.39 is 0 Å². The second-order valence-electron chi connectivity index (χ2n) is 3.19. The highest BCUT2D eigenvalue weighted by molar-refractivity contribution is 5.11. The Morgan fingerprint density at radius 3 is 2.44 bits per heavy atom. The number of hydrogen-bond acceptors (Lipinski definition) is 2. The minimum absolute atomic E-state index is 0.374. The molecule has 2 aliphatic rings. The van der Waals surface area contributed by atoms with Crippen molar-refractivity contribution in [2.24, 2.45) is 11.3 Å². The zero-order valence-corrected chi connectivity index (χ0v) is 5.35. The van der Waals surface area contributed by atoms with Crippen LogP contribution in [-0.4, -0.2) is 13.1 Å². The molecule has 48 valence electrons. The first-order valence-corrected chi connectivity index (χ1v) is 3.48. The molecule has 1 atom stereocenters. The summed E-state index contributed by atoms with van der Waals surface area (Å²) in [6, 6.07) is 2.35. The summed E-state index contributed by atoms with van der Waals surface area (Å²) in [5.41, 5.74) is 0.439. The van der Waals surface area contributed by atoms with Gasteiger partial charge < -0.3 is 5.32 Å². The molecular formula is C7H10N2. The fourth-order valence-corrected chi connectivity index (χ4v) is 1.77. The zero-order valence-electron chi connectivity index (χ0n) is 5.35. The minimum Gasteiger partial charge on any atom is -0.315 e. The van der Waals surface area contributed by atoms with E-state index in [-0.39, 0.29) is 0 Å². The molecule has 2 rings (SSSR count). The number of nitrogens with zero attached hydrogens (tertiary/aromatic N) is 1. The van der Waals surface area contributed by atoms with Gasteiger partial charge in [0.2, 0.25) is 0 Å². The van der Waals surface area contributed by atoms with Crippen molar-refractivity contribution < 1.29 is 0 Å². The molecule has 1 aliphatic carbocycles. The van der Waals surface area contributed by atoms with Crippen LogP contribution in [0.2, 0.25) is 0 Å². The summed E-state index contributed by atoms with van der Waals surface area (Å²) < 4.78 is 0. The van der Waals surface area contributed by atoms with E-state index in [4.69, 9.17) is 5.26 Å². The smallest absolute Gasteiger partial charge is 0.0662 e. The van der Waals surface area contributed by atoms with E-state index in [2.05, 4.69) is 11.4 Å². The topological polar surface area (TPSA) is 35.8 Å². The van der Waals surface area contributed by atoms with Gasteiger partial charge in [0.25, 0.3) is 0 Å². The van der Waals surface area contributed by atoms with Crippen LogP contribution in [0, 0.1) is 22.7 Å². The summed E-state index contributed by atoms with van der Waals surface area (Å²) in [7, 11) is 0. The summed E-state index contributed by atoms with van der Waals surface area (Å²) in [5, 5.41) is 11.8. The Labute approximate surface area is 54.9 Å².